The molecule has 4 nitrogen and oxygen atoms in total. The SMILES string of the molecule is COc1ccc(C#Cc2ccccc2C2CN=C(N)N2)c(C)c1. The molecule has 0 saturated heterocycles. The highest BCUT2D eigenvalue weighted by atomic mass is 16.5. The zero-order chi connectivity index (χ0) is 16.2. The maximum Gasteiger partial charge on any atom is 0.189 e. The summed E-state index contributed by atoms with van der Waals surface area (Å²) in [6.07, 6.45) is 0. The second kappa shape index (κ2) is 6.45. The number of rotatable bonds is 2. The lowest BCUT2D eigenvalue weighted by atomic mass is 10.0. The predicted octanol–water partition coefficient (Wildman–Crippen LogP) is 2.36. The van der Waals surface area contributed by atoms with Crippen molar-refractivity contribution in [2.75, 3.05) is 13.7 Å². The molecule has 1 heterocycles. The van der Waals surface area contributed by atoms with Gasteiger partial charge in [-0.15, -0.1) is 0 Å². The molecule has 0 bridgehead atoms. The number of methoxy groups -OCH3 is 1. The molecule has 0 amide bonds. The molecule has 4 heteroatoms. The number of aliphatic imine (C=N–C) groups is 1. The Morgan fingerprint density at radius 3 is 2.65 bits per heavy atom. The standard InChI is InChI=1S/C19H19N3O/c1-13-11-16(23-2)10-9-14(13)7-8-15-5-3-4-6-17(15)18-12-21-19(20)22-18/h3-6,9-11,18H,12H2,1-2H3,(H3,20,21,22). The van der Waals surface area contributed by atoms with Gasteiger partial charge in [0.05, 0.1) is 19.7 Å². The first-order valence-electron chi connectivity index (χ1n) is 7.49. The Morgan fingerprint density at radius 2 is 1.96 bits per heavy atom. The van der Waals surface area contributed by atoms with E-state index in [2.05, 4.69) is 28.2 Å². The topological polar surface area (TPSA) is 59.6 Å². The van der Waals surface area contributed by atoms with Crippen LogP contribution in [0.1, 0.15) is 28.3 Å². The van der Waals surface area contributed by atoms with Gasteiger partial charge in [-0.1, -0.05) is 30.0 Å². The molecule has 0 fully saturated rings. The maximum atomic E-state index is 5.72. The molecule has 116 valence electrons. The van der Waals surface area contributed by atoms with Gasteiger partial charge in [-0.05, 0) is 42.3 Å². The van der Waals surface area contributed by atoms with E-state index in [-0.39, 0.29) is 6.04 Å². The van der Waals surface area contributed by atoms with Crippen LogP contribution in [0.4, 0.5) is 0 Å². The van der Waals surface area contributed by atoms with Gasteiger partial charge in [0, 0.05) is 11.1 Å². The molecule has 0 saturated carbocycles. The average Bonchev–Trinajstić information content (AvgIpc) is 3.00. The summed E-state index contributed by atoms with van der Waals surface area (Å²) in [6.45, 7) is 2.68. The first-order chi connectivity index (χ1) is 11.2. The van der Waals surface area contributed by atoms with Crippen molar-refractivity contribution < 1.29 is 4.74 Å². The normalized spacial score (nSPS) is 16.1. The van der Waals surface area contributed by atoms with Gasteiger partial charge >= 0.3 is 0 Å². The first kappa shape index (κ1) is 15.0. The Bertz CT molecular complexity index is 815. The number of aryl methyl sites for hydroxylation is 1. The summed E-state index contributed by atoms with van der Waals surface area (Å²) < 4.78 is 5.23. The highest BCUT2D eigenvalue weighted by Gasteiger charge is 2.19. The van der Waals surface area contributed by atoms with E-state index in [9.17, 15) is 0 Å². The number of nitrogens with one attached hydrogen (secondary N) is 1. The zero-order valence-corrected chi connectivity index (χ0v) is 13.3. The fraction of sp³-hybridized carbons (Fsp3) is 0.211. The quantitative estimate of drug-likeness (QED) is 0.837. The van der Waals surface area contributed by atoms with Gasteiger partial charge in [-0.25, -0.2) is 0 Å². The number of hydrogen-bond acceptors (Lipinski definition) is 4. The lowest BCUT2D eigenvalue weighted by Gasteiger charge is -2.12. The van der Waals surface area contributed by atoms with E-state index in [0.717, 1.165) is 28.0 Å². The summed E-state index contributed by atoms with van der Waals surface area (Å²) in [5.74, 6) is 7.86. The van der Waals surface area contributed by atoms with Crippen LogP contribution in [0.15, 0.2) is 47.5 Å². The molecule has 1 unspecified atom stereocenters. The summed E-state index contributed by atoms with van der Waals surface area (Å²) in [4.78, 5) is 4.21. The molecule has 3 N–H and O–H groups in total. The summed E-state index contributed by atoms with van der Waals surface area (Å²) in [5.41, 5.74) is 9.92. The Hall–Kier alpha value is -2.93. The van der Waals surface area contributed by atoms with Crippen LogP contribution in [0.25, 0.3) is 0 Å². The first-order valence-corrected chi connectivity index (χ1v) is 7.49. The predicted molar refractivity (Wildman–Crippen MR) is 92.5 cm³/mol. The van der Waals surface area contributed by atoms with Crippen molar-refractivity contribution in [2.45, 2.75) is 13.0 Å². The Kier molecular flexibility index (Phi) is 4.20. The van der Waals surface area contributed by atoms with Gasteiger partial charge in [-0.3, -0.25) is 4.99 Å². The van der Waals surface area contributed by atoms with E-state index < -0.39 is 0 Å². The fourth-order valence-electron chi connectivity index (χ4n) is 2.59. The van der Waals surface area contributed by atoms with Crippen LogP contribution in [0, 0.1) is 18.8 Å². The highest BCUT2D eigenvalue weighted by Crippen LogP contribution is 2.21. The van der Waals surface area contributed by atoms with Crippen LogP contribution >= 0.6 is 0 Å². The van der Waals surface area contributed by atoms with Gasteiger partial charge in [0.25, 0.3) is 0 Å². The molecule has 0 aliphatic carbocycles. The average molecular weight is 305 g/mol. The number of nitrogens with two attached hydrogens (primary N) is 1. The number of ether oxygens (including phenoxy) is 1. The number of hydrogen-bond donors (Lipinski definition) is 2. The summed E-state index contributed by atoms with van der Waals surface area (Å²) in [6, 6.07) is 14.1. The molecule has 2 aromatic rings. The lowest BCUT2D eigenvalue weighted by molar-refractivity contribution is 0.414. The van der Waals surface area contributed by atoms with E-state index in [4.69, 9.17) is 10.5 Å². The third kappa shape index (κ3) is 3.29. The molecule has 1 aliphatic heterocycles. The van der Waals surface area contributed by atoms with E-state index in [1.54, 1.807) is 7.11 Å². The Labute approximate surface area is 136 Å². The molecule has 3 rings (SSSR count). The van der Waals surface area contributed by atoms with Crippen LogP contribution in [0.5, 0.6) is 5.75 Å². The van der Waals surface area contributed by atoms with Crippen molar-refractivity contribution in [3.63, 3.8) is 0 Å². The maximum absolute atomic E-state index is 5.72. The molecule has 2 aromatic carbocycles. The van der Waals surface area contributed by atoms with Crippen molar-refractivity contribution >= 4 is 5.96 Å². The van der Waals surface area contributed by atoms with Crippen molar-refractivity contribution in [3.8, 4) is 17.6 Å². The second-order valence-corrected chi connectivity index (χ2v) is 5.44. The summed E-state index contributed by atoms with van der Waals surface area (Å²) in [7, 11) is 1.67. The third-order valence-electron chi connectivity index (χ3n) is 3.87. The fourth-order valence-corrected chi connectivity index (χ4v) is 2.59. The van der Waals surface area contributed by atoms with Crippen molar-refractivity contribution in [2.24, 2.45) is 10.7 Å². The van der Waals surface area contributed by atoms with Gasteiger partial charge in [-0.2, -0.15) is 0 Å². The minimum Gasteiger partial charge on any atom is -0.497 e. The second-order valence-electron chi connectivity index (χ2n) is 5.44. The lowest BCUT2D eigenvalue weighted by Crippen LogP contribution is -2.29. The molecule has 1 atom stereocenters. The number of benzene rings is 2. The van der Waals surface area contributed by atoms with Gasteiger partial charge in [0.1, 0.15) is 5.75 Å². The minimum atomic E-state index is 0.0949. The monoisotopic (exact) mass is 305 g/mol. The van der Waals surface area contributed by atoms with E-state index in [1.165, 1.54) is 0 Å². The molecule has 23 heavy (non-hydrogen) atoms. The number of guanidine groups is 1. The van der Waals surface area contributed by atoms with Gasteiger partial charge in [0.2, 0.25) is 0 Å². The smallest absolute Gasteiger partial charge is 0.189 e. The molecule has 0 spiro atoms. The number of nitrogens with zero attached hydrogens (tertiary/aromatic N) is 1. The van der Waals surface area contributed by atoms with Crippen molar-refractivity contribution in [1.29, 1.82) is 0 Å². The van der Waals surface area contributed by atoms with Crippen LogP contribution in [0.3, 0.4) is 0 Å². The molecule has 1 aliphatic rings. The van der Waals surface area contributed by atoms with Crippen molar-refractivity contribution in [3.05, 3.63) is 64.7 Å². The van der Waals surface area contributed by atoms with Crippen LogP contribution in [0.2, 0.25) is 0 Å². The summed E-state index contributed by atoms with van der Waals surface area (Å²) in [5, 5.41) is 3.18. The van der Waals surface area contributed by atoms with Crippen molar-refractivity contribution in [1.82, 2.24) is 5.32 Å². The van der Waals surface area contributed by atoms with Crippen LogP contribution in [-0.4, -0.2) is 19.6 Å². The van der Waals surface area contributed by atoms with Crippen LogP contribution < -0.4 is 15.8 Å². The molecule has 0 radical (unpaired) electrons. The van der Waals surface area contributed by atoms with Gasteiger partial charge < -0.3 is 15.8 Å². The van der Waals surface area contributed by atoms with E-state index in [0.29, 0.717) is 12.5 Å². The third-order valence-corrected chi connectivity index (χ3v) is 3.87. The minimum absolute atomic E-state index is 0.0949. The van der Waals surface area contributed by atoms with Crippen LogP contribution in [-0.2, 0) is 0 Å². The van der Waals surface area contributed by atoms with E-state index >= 15 is 0 Å². The molecule has 0 aromatic heterocycles. The molecular weight excluding hydrogens is 286 g/mol. The zero-order valence-electron chi connectivity index (χ0n) is 13.3. The van der Waals surface area contributed by atoms with Gasteiger partial charge in [0.15, 0.2) is 5.96 Å². The molecular formula is C19H19N3O. The summed E-state index contributed by atoms with van der Waals surface area (Å²) >= 11 is 0. The Balaban J connectivity index is 1.90. The largest absolute Gasteiger partial charge is 0.497 e. The van der Waals surface area contributed by atoms with E-state index in [1.807, 2.05) is 43.3 Å². The highest BCUT2D eigenvalue weighted by molar-refractivity contribution is 5.80. The Morgan fingerprint density at radius 1 is 1.17 bits per heavy atom.